The van der Waals surface area contributed by atoms with Crippen molar-refractivity contribution in [3.8, 4) is 11.5 Å². The first-order valence-electron chi connectivity index (χ1n) is 8.18. The molecule has 130 valence electrons. The minimum Gasteiger partial charge on any atom is -0.339 e. The van der Waals surface area contributed by atoms with Gasteiger partial charge in [0.05, 0.1) is 17.1 Å². The SMILES string of the molecule is Cc1nc(-c2cn([C@H]3CCCN(C(=O)c4ccc(C)s4)C3)nn2)no1. The minimum atomic E-state index is 0.0944. The highest BCUT2D eigenvalue weighted by atomic mass is 32.1. The smallest absolute Gasteiger partial charge is 0.263 e. The van der Waals surface area contributed by atoms with Gasteiger partial charge in [0, 0.05) is 24.9 Å². The molecule has 1 saturated heterocycles. The van der Waals surface area contributed by atoms with Gasteiger partial charge in [0.2, 0.25) is 11.7 Å². The third-order valence-corrected chi connectivity index (χ3v) is 5.26. The summed E-state index contributed by atoms with van der Waals surface area (Å²) in [6.45, 7) is 5.15. The van der Waals surface area contributed by atoms with Gasteiger partial charge in [-0.3, -0.25) is 4.79 Å². The van der Waals surface area contributed by atoms with Crippen LogP contribution in [0.4, 0.5) is 0 Å². The van der Waals surface area contributed by atoms with Crippen molar-refractivity contribution < 1.29 is 9.32 Å². The van der Waals surface area contributed by atoms with Crippen LogP contribution < -0.4 is 0 Å². The van der Waals surface area contributed by atoms with Gasteiger partial charge in [-0.25, -0.2) is 4.68 Å². The Morgan fingerprint density at radius 1 is 1.36 bits per heavy atom. The fourth-order valence-electron chi connectivity index (χ4n) is 3.02. The Morgan fingerprint density at radius 2 is 2.24 bits per heavy atom. The summed E-state index contributed by atoms with van der Waals surface area (Å²) in [6.07, 6.45) is 3.72. The molecule has 0 spiro atoms. The number of rotatable bonds is 3. The predicted molar refractivity (Wildman–Crippen MR) is 91.3 cm³/mol. The number of carbonyl (C=O) groups excluding carboxylic acids is 1. The second-order valence-electron chi connectivity index (χ2n) is 6.18. The van der Waals surface area contributed by atoms with Gasteiger partial charge in [-0.2, -0.15) is 4.98 Å². The van der Waals surface area contributed by atoms with E-state index in [2.05, 4.69) is 20.5 Å². The molecule has 0 saturated carbocycles. The fourth-order valence-corrected chi connectivity index (χ4v) is 3.86. The zero-order valence-corrected chi connectivity index (χ0v) is 14.9. The Kier molecular flexibility index (Phi) is 4.08. The summed E-state index contributed by atoms with van der Waals surface area (Å²) in [7, 11) is 0. The number of thiophene rings is 1. The van der Waals surface area contributed by atoms with Crippen LogP contribution in [0.25, 0.3) is 11.5 Å². The van der Waals surface area contributed by atoms with Gasteiger partial charge in [-0.1, -0.05) is 10.4 Å². The molecule has 8 nitrogen and oxygen atoms in total. The summed E-state index contributed by atoms with van der Waals surface area (Å²) in [4.78, 5) is 20.7. The topological polar surface area (TPSA) is 89.9 Å². The molecule has 1 amide bonds. The molecule has 4 heterocycles. The maximum absolute atomic E-state index is 12.7. The summed E-state index contributed by atoms with van der Waals surface area (Å²) < 4.78 is 6.79. The van der Waals surface area contributed by atoms with Crippen molar-refractivity contribution in [2.45, 2.75) is 32.7 Å². The van der Waals surface area contributed by atoms with Crippen molar-refractivity contribution >= 4 is 17.2 Å². The molecule has 9 heteroatoms. The van der Waals surface area contributed by atoms with E-state index in [9.17, 15) is 4.79 Å². The summed E-state index contributed by atoms with van der Waals surface area (Å²) in [5, 5.41) is 12.2. The number of nitrogens with zero attached hydrogens (tertiary/aromatic N) is 6. The minimum absolute atomic E-state index is 0.0944. The Morgan fingerprint density at radius 3 is 2.96 bits per heavy atom. The Labute approximate surface area is 148 Å². The molecule has 1 aliphatic rings. The van der Waals surface area contributed by atoms with Crippen molar-refractivity contribution in [1.82, 2.24) is 30.0 Å². The van der Waals surface area contributed by atoms with E-state index < -0.39 is 0 Å². The van der Waals surface area contributed by atoms with Crippen molar-refractivity contribution in [1.29, 1.82) is 0 Å². The van der Waals surface area contributed by atoms with Gasteiger partial charge < -0.3 is 9.42 Å². The van der Waals surface area contributed by atoms with Crippen LogP contribution >= 0.6 is 11.3 Å². The van der Waals surface area contributed by atoms with Crippen LogP contribution in [0.1, 0.15) is 39.3 Å². The molecule has 1 fully saturated rings. The van der Waals surface area contributed by atoms with Gasteiger partial charge in [0.1, 0.15) is 0 Å². The molecule has 0 aromatic carbocycles. The maximum atomic E-state index is 12.7. The van der Waals surface area contributed by atoms with Crippen LogP contribution in [0.15, 0.2) is 22.9 Å². The largest absolute Gasteiger partial charge is 0.339 e. The lowest BCUT2D eigenvalue weighted by molar-refractivity contribution is 0.0677. The zero-order chi connectivity index (χ0) is 17.4. The highest BCUT2D eigenvalue weighted by Gasteiger charge is 2.27. The van der Waals surface area contributed by atoms with Crippen LogP contribution in [0, 0.1) is 13.8 Å². The molecule has 1 atom stereocenters. The molecule has 3 aromatic rings. The van der Waals surface area contributed by atoms with E-state index in [4.69, 9.17) is 4.52 Å². The normalized spacial score (nSPS) is 17.8. The van der Waals surface area contributed by atoms with Gasteiger partial charge in [-0.15, -0.1) is 16.4 Å². The molecule has 4 rings (SSSR count). The molecule has 3 aromatic heterocycles. The number of piperidine rings is 1. The van der Waals surface area contributed by atoms with E-state index in [1.807, 2.05) is 30.2 Å². The van der Waals surface area contributed by atoms with Crippen LogP contribution in [0.5, 0.6) is 0 Å². The number of aryl methyl sites for hydroxylation is 2. The lowest BCUT2D eigenvalue weighted by atomic mass is 10.1. The fraction of sp³-hybridized carbons (Fsp3) is 0.438. The van der Waals surface area contributed by atoms with Crippen LogP contribution in [-0.4, -0.2) is 49.0 Å². The van der Waals surface area contributed by atoms with Crippen LogP contribution in [-0.2, 0) is 0 Å². The summed E-state index contributed by atoms with van der Waals surface area (Å²) in [5.74, 6) is 1.02. The van der Waals surface area contributed by atoms with Crippen molar-refractivity contribution in [2.75, 3.05) is 13.1 Å². The van der Waals surface area contributed by atoms with Crippen LogP contribution in [0.3, 0.4) is 0 Å². The van der Waals surface area contributed by atoms with Gasteiger partial charge in [0.15, 0.2) is 5.69 Å². The molecule has 25 heavy (non-hydrogen) atoms. The highest BCUT2D eigenvalue weighted by Crippen LogP contribution is 2.25. The highest BCUT2D eigenvalue weighted by molar-refractivity contribution is 7.13. The van der Waals surface area contributed by atoms with Crippen LogP contribution in [0.2, 0.25) is 0 Å². The third kappa shape index (κ3) is 3.19. The standard InChI is InChI=1S/C16H18N6O2S/c1-10-5-6-14(25-10)16(23)21-7-3-4-12(8-21)22-9-13(18-20-22)15-17-11(2)24-19-15/h5-6,9,12H,3-4,7-8H2,1-2H3/t12-/m0/s1. The quantitative estimate of drug-likeness (QED) is 0.714. The summed E-state index contributed by atoms with van der Waals surface area (Å²) in [5.41, 5.74) is 0.578. The third-order valence-electron chi connectivity index (χ3n) is 4.28. The number of hydrogen-bond acceptors (Lipinski definition) is 7. The molecule has 0 bridgehead atoms. The molecule has 0 aliphatic carbocycles. The zero-order valence-electron chi connectivity index (χ0n) is 14.0. The van der Waals surface area contributed by atoms with Crippen molar-refractivity contribution in [2.24, 2.45) is 0 Å². The summed E-state index contributed by atoms with van der Waals surface area (Å²) in [6, 6.07) is 3.99. The number of aromatic nitrogens is 5. The second kappa shape index (κ2) is 6.40. The van der Waals surface area contributed by atoms with E-state index in [0.29, 0.717) is 24.0 Å². The predicted octanol–water partition coefficient (Wildman–Crippen LogP) is 2.48. The molecule has 1 aliphatic heterocycles. The average Bonchev–Trinajstić information content (AvgIpc) is 3.34. The second-order valence-corrected chi connectivity index (χ2v) is 7.47. The molecular weight excluding hydrogens is 340 g/mol. The van der Waals surface area contributed by atoms with E-state index in [0.717, 1.165) is 29.1 Å². The number of amides is 1. The van der Waals surface area contributed by atoms with E-state index in [1.165, 1.54) is 11.3 Å². The Bertz CT molecular complexity index is 898. The monoisotopic (exact) mass is 358 g/mol. The van der Waals surface area contributed by atoms with E-state index >= 15 is 0 Å². The first-order valence-corrected chi connectivity index (χ1v) is 9.00. The van der Waals surface area contributed by atoms with E-state index in [-0.39, 0.29) is 11.9 Å². The molecule has 0 N–H and O–H groups in total. The van der Waals surface area contributed by atoms with Gasteiger partial charge >= 0.3 is 0 Å². The van der Waals surface area contributed by atoms with Gasteiger partial charge in [-0.05, 0) is 31.9 Å². The molecule has 0 radical (unpaired) electrons. The lowest BCUT2D eigenvalue weighted by Gasteiger charge is -2.32. The first-order chi connectivity index (χ1) is 12.1. The average molecular weight is 358 g/mol. The van der Waals surface area contributed by atoms with Crippen molar-refractivity contribution in [3.63, 3.8) is 0 Å². The molecular formula is C16H18N6O2S. The Hall–Kier alpha value is -2.55. The number of likely N-dealkylation sites (tertiary alicyclic amines) is 1. The van der Waals surface area contributed by atoms with Gasteiger partial charge in [0.25, 0.3) is 5.91 Å². The number of carbonyl (C=O) groups is 1. The molecule has 0 unspecified atom stereocenters. The number of hydrogen-bond donors (Lipinski definition) is 0. The maximum Gasteiger partial charge on any atom is 0.263 e. The summed E-state index contributed by atoms with van der Waals surface area (Å²) >= 11 is 1.54. The van der Waals surface area contributed by atoms with E-state index in [1.54, 1.807) is 11.6 Å². The Balaban J connectivity index is 1.50. The lowest BCUT2D eigenvalue weighted by Crippen LogP contribution is -2.40. The van der Waals surface area contributed by atoms with Crippen molar-refractivity contribution in [3.05, 3.63) is 34.0 Å². The first kappa shape index (κ1) is 15.9.